The van der Waals surface area contributed by atoms with E-state index in [-0.39, 0.29) is 25.0 Å². The maximum atomic E-state index is 12.1. The first-order valence-corrected chi connectivity index (χ1v) is 13.2. The van der Waals surface area contributed by atoms with Gasteiger partial charge in [-0.05, 0) is 60.2 Å². The number of pyridine rings is 1. The van der Waals surface area contributed by atoms with Gasteiger partial charge in [-0.3, -0.25) is 9.48 Å². The van der Waals surface area contributed by atoms with E-state index in [9.17, 15) is 4.79 Å². The van der Waals surface area contributed by atoms with Crippen LogP contribution in [0.2, 0.25) is 0 Å². The zero-order chi connectivity index (χ0) is 26.8. The number of ether oxygens (including phenoxy) is 3. The Morgan fingerprint density at radius 2 is 1.90 bits per heavy atom. The van der Waals surface area contributed by atoms with Crippen LogP contribution in [0.5, 0.6) is 5.75 Å². The fraction of sp³-hybridized carbons (Fsp3) is 0.258. The second kappa shape index (κ2) is 10.7. The molecule has 3 aromatic carbocycles. The van der Waals surface area contributed by atoms with E-state index in [4.69, 9.17) is 25.0 Å². The predicted molar refractivity (Wildman–Crippen MR) is 150 cm³/mol. The molecule has 5 aromatic rings. The van der Waals surface area contributed by atoms with Gasteiger partial charge in [0.2, 0.25) is 0 Å². The van der Waals surface area contributed by atoms with Crippen LogP contribution in [-0.2, 0) is 27.3 Å². The zero-order valence-corrected chi connectivity index (χ0v) is 21.8. The van der Waals surface area contributed by atoms with Crippen LogP contribution in [0.1, 0.15) is 30.6 Å². The van der Waals surface area contributed by atoms with E-state index < -0.39 is 0 Å². The lowest BCUT2D eigenvalue weighted by atomic mass is 10.00. The number of fused-ring (bicyclic) bond motifs is 2. The molecule has 0 bridgehead atoms. The summed E-state index contributed by atoms with van der Waals surface area (Å²) >= 11 is 0. The van der Waals surface area contributed by atoms with Gasteiger partial charge in [-0.1, -0.05) is 36.4 Å². The van der Waals surface area contributed by atoms with E-state index in [1.807, 2.05) is 30.3 Å². The number of nitrogens with two attached hydrogens (primary N) is 1. The smallest absolute Gasteiger partial charge is 0.310 e. The standard InChI is InChI=1S/C31H30N4O4/c1-2-38-30(36)17-23-5-3-4-6-29(23)39-19-27-26-16-22(9-10-28(26)35(34-27)24-12-14-37-18-24)21-8-7-20-11-13-33-31(32)25(20)15-21/h3-11,13,15-16,24H,2,12,14,17-19H2,1H3,(H2,32,33). The maximum absolute atomic E-state index is 12.1. The summed E-state index contributed by atoms with van der Waals surface area (Å²) < 4.78 is 19.1. The second-order valence-electron chi connectivity index (χ2n) is 9.65. The van der Waals surface area contributed by atoms with Gasteiger partial charge in [0.25, 0.3) is 0 Å². The van der Waals surface area contributed by atoms with E-state index in [2.05, 4.69) is 46.1 Å². The lowest BCUT2D eigenvalue weighted by Gasteiger charge is -2.11. The molecular weight excluding hydrogens is 492 g/mol. The van der Waals surface area contributed by atoms with E-state index >= 15 is 0 Å². The first-order chi connectivity index (χ1) is 19.1. The molecule has 3 heterocycles. The molecule has 1 fully saturated rings. The van der Waals surface area contributed by atoms with Crippen molar-refractivity contribution in [2.24, 2.45) is 0 Å². The molecule has 0 aliphatic carbocycles. The number of benzene rings is 3. The van der Waals surface area contributed by atoms with Gasteiger partial charge in [-0.25, -0.2) is 4.98 Å². The number of esters is 1. The monoisotopic (exact) mass is 522 g/mol. The van der Waals surface area contributed by atoms with Crippen LogP contribution < -0.4 is 10.5 Å². The highest BCUT2D eigenvalue weighted by Crippen LogP contribution is 2.33. The number of carbonyl (C=O) groups is 1. The third kappa shape index (κ3) is 5.03. The van der Waals surface area contributed by atoms with Crippen molar-refractivity contribution in [3.63, 3.8) is 0 Å². The van der Waals surface area contributed by atoms with Gasteiger partial charge in [0.15, 0.2) is 0 Å². The SMILES string of the molecule is CCOC(=O)Cc1ccccc1OCc1nn(C2CCOC2)c2ccc(-c3ccc4ccnc(N)c4c3)cc12. The number of hydrogen-bond donors (Lipinski definition) is 1. The third-order valence-electron chi connectivity index (χ3n) is 7.14. The Bertz CT molecular complexity index is 1660. The summed E-state index contributed by atoms with van der Waals surface area (Å²) in [6.07, 6.45) is 2.79. The fourth-order valence-electron chi connectivity index (χ4n) is 5.16. The molecule has 0 spiro atoms. The molecule has 6 rings (SSSR count). The second-order valence-corrected chi connectivity index (χ2v) is 9.65. The first kappa shape index (κ1) is 24.9. The Balaban J connectivity index is 1.36. The number of nitrogen functional groups attached to an aromatic ring is 1. The predicted octanol–water partition coefficient (Wildman–Crippen LogP) is 5.48. The van der Waals surface area contributed by atoms with E-state index in [1.54, 1.807) is 13.1 Å². The summed E-state index contributed by atoms with van der Waals surface area (Å²) in [4.78, 5) is 16.4. The average Bonchev–Trinajstić information content (AvgIpc) is 3.61. The van der Waals surface area contributed by atoms with Crippen molar-refractivity contribution in [3.05, 3.63) is 84.2 Å². The van der Waals surface area contributed by atoms with Crippen LogP contribution in [0.25, 0.3) is 32.8 Å². The van der Waals surface area contributed by atoms with Crippen LogP contribution in [0.15, 0.2) is 72.9 Å². The molecule has 1 aliphatic heterocycles. The summed E-state index contributed by atoms with van der Waals surface area (Å²) in [7, 11) is 0. The number of carbonyl (C=O) groups excluding carboxylic acids is 1. The van der Waals surface area contributed by atoms with Crippen LogP contribution in [0.3, 0.4) is 0 Å². The van der Waals surface area contributed by atoms with Crippen LogP contribution >= 0.6 is 0 Å². The molecule has 8 nitrogen and oxygen atoms in total. The molecule has 2 aromatic heterocycles. The van der Waals surface area contributed by atoms with Crippen molar-refractivity contribution in [3.8, 4) is 16.9 Å². The topological polar surface area (TPSA) is 101 Å². The van der Waals surface area contributed by atoms with Crippen molar-refractivity contribution in [2.75, 3.05) is 25.6 Å². The zero-order valence-electron chi connectivity index (χ0n) is 21.8. The number of hydrogen-bond acceptors (Lipinski definition) is 7. The van der Waals surface area contributed by atoms with Crippen molar-refractivity contribution in [1.82, 2.24) is 14.8 Å². The fourth-order valence-corrected chi connectivity index (χ4v) is 5.16. The average molecular weight is 523 g/mol. The number of anilines is 1. The van der Waals surface area contributed by atoms with Gasteiger partial charge in [0.05, 0.1) is 31.2 Å². The molecule has 1 aliphatic rings. The van der Waals surface area contributed by atoms with Gasteiger partial charge in [-0.15, -0.1) is 0 Å². The molecule has 8 heteroatoms. The molecule has 0 radical (unpaired) electrons. The molecule has 0 amide bonds. The lowest BCUT2D eigenvalue weighted by molar-refractivity contribution is -0.142. The minimum atomic E-state index is -0.277. The summed E-state index contributed by atoms with van der Waals surface area (Å²) in [5.41, 5.74) is 10.9. The molecule has 1 unspecified atom stereocenters. The van der Waals surface area contributed by atoms with Crippen LogP contribution in [-0.4, -0.2) is 40.6 Å². The van der Waals surface area contributed by atoms with Crippen molar-refractivity contribution >= 4 is 33.5 Å². The summed E-state index contributed by atoms with van der Waals surface area (Å²) in [5.74, 6) is 0.881. The van der Waals surface area contributed by atoms with Gasteiger partial charge in [0, 0.05) is 29.1 Å². The van der Waals surface area contributed by atoms with Gasteiger partial charge >= 0.3 is 5.97 Å². The summed E-state index contributed by atoms with van der Waals surface area (Å²) in [6.45, 7) is 3.77. The Labute approximate surface area is 226 Å². The largest absolute Gasteiger partial charge is 0.487 e. The number of nitrogens with zero attached hydrogens (tertiary/aromatic N) is 3. The number of para-hydroxylation sites is 1. The highest BCUT2D eigenvalue weighted by molar-refractivity contribution is 5.95. The molecule has 198 valence electrons. The molecule has 2 N–H and O–H groups in total. The Morgan fingerprint density at radius 1 is 1.08 bits per heavy atom. The van der Waals surface area contributed by atoms with Gasteiger partial charge in [-0.2, -0.15) is 5.10 Å². The minimum absolute atomic E-state index is 0.155. The Morgan fingerprint density at radius 3 is 2.72 bits per heavy atom. The lowest BCUT2D eigenvalue weighted by Crippen LogP contribution is -2.11. The normalized spacial score (nSPS) is 15.2. The van der Waals surface area contributed by atoms with E-state index in [1.165, 1.54) is 0 Å². The molecule has 0 saturated carbocycles. The van der Waals surface area contributed by atoms with Crippen molar-refractivity contribution in [2.45, 2.75) is 32.4 Å². The van der Waals surface area contributed by atoms with Crippen molar-refractivity contribution in [1.29, 1.82) is 0 Å². The third-order valence-corrected chi connectivity index (χ3v) is 7.14. The van der Waals surface area contributed by atoms with Crippen LogP contribution in [0.4, 0.5) is 5.82 Å². The Hall–Kier alpha value is -4.43. The molecule has 1 atom stereocenters. The van der Waals surface area contributed by atoms with Crippen molar-refractivity contribution < 1.29 is 19.0 Å². The highest BCUT2D eigenvalue weighted by Gasteiger charge is 2.23. The number of rotatable bonds is 8. The van der Waals surface area contributed by atoms with Gasteiger partial charge < -0.3 is 19.9 Å². The first-order valence-electron chi connectivity index (χ1n) is 13.2. The van der Waals surface area contributed by atoms with Gasteiger partial charge in [0.1, 0.15) is 23.9 Å². The summed E-state index contributed by atoms with van der Waals surface area (Å²) in [6, 6.07) is 22.3. The maximum Gasteiger partial charge on any atom is 0.310 e. The minimum Gasteiger partial charge on any atom is -0.487 e. The Kier molecular flexibility index (Phi) is 6.85. The molecular formula is C31H30N4O4. The number of aromatic nitrogens is 3. The molecule has 1 saturated heterocycles. The van der Waals surface area contributed by atoms with E-state index in [0.717, 1.165) is 57.1 Å². The summed E-state index contributed by atoms with van der Waals surface area (Å²) in [5, 5.41) is 7.99. The van der Waals surface area contributed by atoms with Crippen LogP contribution in [0, 0.1) is 0 Å². The highest BCUT2D eigenvalue weighted by atomic mass is 16.5. The quantitative estimate of drug-likeness (QED) is 0.269. The van der Waals surface area contributed by atoms with E-state index in [0.29, 0.717) is 24.8 Å². The molecule has 39 heavy (non-hydrogen) atoms.